The summed E-state index contributed by atoms with van der Waals surface area (Å²) in [6.45, 7) is 8.04. The Morgan fingerprint density at radius 1 is 0.933 bits per heavy atom. The first-order chi connectivity index (χ1) is 14.3. The standard InChI is InChI=1S/C24H20Cl2N2O2/c1-12-11-13(2)20(15(4)14(12)3)23(29)27-17-7-5-16(6-8-17)24-28-22-19(30-24)10-9-18(25)21(22)26/h5-11H,1-4H3,(H,27,29). The van der Waals surface area contributed by atoms with Gasteiger partial charge in [-0.3, -0.25) is 4.79 Å². The maximum absolute atomic E-state index is 12.9. The Bertz CT molecular complexity index is 1290. The van der Waals surface area contributed by atoms with Gasteiger partial charge < -0.3 is 9.73 Å². The highest BCUT2D eigenvalue weighted by Crippen LogP contribution is 2.33. The molecule has 1 N–H and O–H groups in total. The highest BCUT2D eigenvalue weighted by atomic mass is 35.5. The lowest BCUT2D eigenvalue weighted by molar-refractivity contribution is 0.102. The van der Waals surface area contributed by atoms with Gasteiger partial charge in [-0.15, -0.1) is 0 Å². The van der Waals surface area contributed by atoms with E-state index in [0.717, 1.165) is 22.3 Å². The number of benzene rings is 3. The maximum atomic E-state index is 12.9. The van der Waals surface area contributed by atoms with Crippen LogP contribution in [0.3, 0.4) is 0 Å². The van der Waals surface area contributed by atoms with Crippen LogP contribution in [0.2, 0.25) is 10.0 Å². The number of hydrogen-bond donors (Lipinski definition) is 1. The number of carbonyl (C=O) groups excluding carboxylic acids is 1. The van der Waals surface area contributed by atoms with Crippen molar-refractivity contribution in [3.63, 3.8) is 0 Å². The van der Waals surface area contributed by atoms with E-state index in [1.807, 2.05) is 51.1 Å². The van der Waals surface area contributed by atoms with Crippen LogP contribution in [-0.4, -0.2) is 10.9 Å². The highest BCUT2D eigenvalue weighted by molar-refractivity contribution is 6.44. The molecule has 1 amide bonds. The molecule has 0 unspecified atom stereocenters. The second kappa shape index (κ2) is 7.78. The number of aryl methyl sites for hydroxylation is 2. The molecular formula is C24H20Cl2N2O2. The summed E-state index contributed by atoms with van der Waals surface area (Å²) in [5, 5.41) is 3.78. The molecule has 4 nitrogen and oxygen atoms in total. The largest absolute Gasteiger partial charge is 0.436 e. The number of fused-ring (bicyclic) bond motifs is 1. The third-order valence-corrected chi connectivity index (χ3v) is 6.22. The van der Waals surface area contributed by atoms with Gasteiger partial charge in [0.2, 0.25) is 5.89 Å². The first kappa shape index (κ1) is 20.5. The normalized spacial score (nSPS) is 11.1. The van der Waals surface area contributed by atoms with Gasteiger partial charge in [0.05, 0.1) is 10.0 Å². The van der Waals surface area contributed by atoms with E-state index in [4.69, 9.17) is 27.6 Å². The first-order valence-electron chi connectivity index (χ1n) is 9.50. The van der Waals surface area contributed by atoms with E-state index in [2.05, 4.69) is 17.2 Å². The minimum Gasteiger partial charge on any atom is -0.436 e. The van der Waals surface area contributed by atoms with Crippen LogP contribution < -0.4 is 5.32 Å². The molecule has 152 valence electrons. The maximum Gasteiger partial charge on any atom is 0.256 e. The molecule has 0 aliphatic heterocycles. The average Bonchev–Trinajstić information content (AvgIpc) is 3.15. The van der Waals surface area contributed by atoms with E-state index in [9.17, 15) is 4.79 Å². The zero-order valence-electron chi connectivity index (χ0n) is 17.1. The van der Waals surface area contributed by atoms with Gasteiger partial charge in [0, 0.05) is 16.8 Å². The summed E-state index contributed by atoms with van der Waals surface area (Å²) in [6.07, 6.45) is 0. The Morgan fingerprint density at radius 2 is 1.63 bits per heavy atom. The van der Waals surface area contributed by atoms with Gasteiger partial charge in [0.25, 0.3) is 5.91 Å². The molecule has 0 saturated carbocycles. The molecule has 30 heavy (non-hydrogen) atoms. The van der Waals surface area contributed by atoms with Crippen LogP contribution in [0.5, 0.6) is 0 Å². The Morgan fingerprint density at radius 3 is 2.33 bits per heavy atom. The van der Waals surface area contributed by atoms with Crippen LogP contribution in [0.15, 0.2) is 46.9 Å². The number of oxazole rings is 1. The quantitative estimate of drug-likeness (QED) is 0.365. The van der Waals surface area contributed by atoms with E-state index >= 15 is 0 Å². The molecule has 0 atom stereocenters. The summed E-state index contributed by atoms with van der Waals surface area (Å²) in [7, 11) is 0. The molecule has 0 saturated heterocycles. The fraction of sp³-hybridized carbons (Fsp3) is 0.167. The van der Waals surface area contributed by atoms with Crippen molar-refractivity contribution in [3.05, 3.63) is 80.3 Å². The number of anilines is 1. The smallest absolute Gasteiger partial charge is 0.256 e. The lowest BCUT2D eigenvalue weighted by Gasteiger charge is -2.15. The van der Waals surface area contributed by atoms with E-state index in [1.165, 1.54) is 5.56 Å². The van der Waals surface area contributed by atoms with E-state index < -0.39 is 0 Å². The minimum atomic E-state index is -0.121. The Hall–Kier alpha value is -2.82. The van der Waals surface area contributed by atoms with Gasteiger partial charge in [-0.1, -0.05) is 29.3 Å². The first-order valence-corrected chi connectivity index (χ1v) is 10.3. The van der Waals surface area contributed by atoms with Gasteiger partial charge in [-0.05, 0) is 86.3 Å². The molecule has 0 fully saturated rings. The molecule has 0 aliphatic carbocycles. The third kappa shape index (κ3) is 3.57. The summed E-state index contributed by atoms with van der Waals surface area (Å²) in [6, 6.07) is 12.8. The molecule has 3 aromatic carbocycles. The van der Waals surface area contributed by atoms with Crippen LogP contribution in [0.25, 0.3) is 22.6 Å². The number of hydrogen-bond acceptors (Lipinski definition) is 3. The van der Waals surface area contributed by atoms with Crippen molar-refractivity contribution >= 4 is 45.9 Å². The monoisotopic (exact) mass is 438 g/mol. The average molecular weight is 439 g/mol. The zero-order chi connectivity index (χ0) is 21.6. The van der Waals surface area contributed by atoms with Crippen LogP contribution in [0.4, 0.5) is 5.69 Å². The van der Waals surface area contributed by atoms with Crippen molar-refractivity contribution in [1.82, 2.24) is 4.98 Å². The molecular weight excluding hydrogens is 419 g/mol. The zero-order valence-corrected chi connectivity index (χ0v) is 18.6. The molecule has 1 heterocycles. The third-order valence-electron chi connectivity index (χ3n) is 5.43. The van der Waals surface area contributed by atoms with Crippen molar-refractivity contribution in [2.75, 3.05) is 5.32 Å². The number of nitrogens with one attached hydrogen (secondary N) is 1. The van der Waals surface area contributed by atoms with Crippen LogP contribution in [0, 0.1) is 27.7 Å². The van der Waals surface area contributed by atoms with Gasteiger partial charge in [-0.2, -0.15) is 0 Å². The molecule has 4 rings (SSSR count). The van der Waals surface area contributed by atoms with Crippen molar-refractivity contribution < 1.29 is 9.21 Å². The number of nitrogens with zero attached hydrogens (tertiary/aromatic N) is 1. The van der Waals surface area contributed by atoms with Crippen molar-refractivity contribution in [3.8, 4) is 11.5 Å². The second-order valence-electron chi connectivity index (χ2n) is 7.39. The fourth-order valence-electron chi connectivity index (χ4n) is 3.58. The molecule has 6 heteroatoms. The Balaban J connectivity index is 1.60. The van der Waals surface area contributed by atoms with Gasteiger partial charge in [-0.25, -0.2) is 4.98 Å². The highest BCUT2D eigenvalue weighted by Gasteiger charge is 2.16. The molecule has 0 aliphatic rings. The Labute approximate surface area is 184 Å². The number of carbonyl (C=O) groups is 1. The van der Waals surface area contributed by atoms with Gasteiger partial charge >= 0.3 is 0 Å². The number of amides is 1. The SMILES string of the molecule is Cc1cc(C)c(C(=O)Nc2ccc(-c3nc4c(Cl)c(Cl)ccc4o3)cc2)c(C)c1C. The number of halogens is 2. The lowest BCUT2D eigenvalue weighted by atomic mass is 9.94. The number of rotatable bonds is 3. The predicted octanol–water partition coefficient (Wildman–Crippen LogP) is 7.29. The summed E-state index contributed by atoms with van der Waals surface area (Å²) in [4.78, 5) is 17.3. The van der Waals surface area contributed by atoms with Gasteiger partial charge in [0.15, 0.2) is 5.58 Å². The molecule has 0 spiro atoms. The summed E-state index contributed by atoms with van der Waals surface area (Å²) < 4.78 is 5.79. The van der Waals surface area contributed by atoms with Crippen LogP contribution >= 0.6 is 23.2 Å². The minimum absolute atomic E-state index is 0.121. The van der Waals surface area contributed by atoms with Crippen molar-refractivity contribution in [1.29, 1.82) is 0 Å². The topological polar surface area (TPSA) is 55.1 Å². The van der Waals surface area contributed by atoms with E-state index in [-0.39, 0.29) is 5.91 Å². The molecule has 0 radical (unpaired) electrons. The van der Waals surface area contributed by atoms with E-state index in [1.54, 1.807) is 12.1 Å². The fourth-order valence-corrected chi connectivity index (χ4v) is 3.93. The Kier molecular flexibility index (Phi) is 5.31. The molecule has 1 aromatic heterocycles. The van der Waals surface area contributed by atoms with Gasteiger partial charge in [0.1, 0.15) is 5.52 Å². The lowest BCUT2D eigenvalue weighted by Crippen LogP contribution is -2.16. The molecule has 0 bridgehead atoms. The number of aromatic nitrogens is 1. The van der Waals surface area contributed by atoms with Crippen LogP contribution in [-0.2, 0) is 0 Å². The molecule has 4 aromatic rings. The predicted molar refractivity (Wildman–Crippen MR) is 123 cm³/mol. The summed E-state index contributed by atoms with van der Waals surface area (Å²) >= 11 is 12.3. The van der Waals surface area contributed by atoms with Crippen molar-refractivity contribution in [2.24, 2.45) is 0 Å². The second-order valence-corrected chi connectivity index (χ2v) is 8.18. The van der Waals surface area contributed by atoms with E-state index in [0.29, 0.717) is 38.3 Å². The summed E-state index contributed by atoms with van der Waals surface area (Å²) in [5.74, 6) is 0.317. The van der Waals surface area contributed by atoms with Crippen LogP contribution in [0.1, 0.15) is 32.6 Å². The van der Waals surface area contributed by atoms with Crippen molar-refractivity contribution in [2.45, 2.75) is 27.7 Å². The summed E-state index contributed by atoms with van der Waals surface area (Å²) in [5.41, 5.74) is 7.56.